The molecule has 0 saturated carbocycles. The summed E-state index contributed by atoms with van der Waals surface area (Å²) in [5.74, 6) is -0.220. The molecule has 0 aliphatic rings. The van der Waals surface area contributed by atoms with Crippen LogP contribution >= 0.6 is 0 Å². The van der Waals surface area contributed by atoms with Crippen molar-refractivity contribution in [2.75, 3.05) is 11.1 Å². The maximum atomic E-state index is 10.7. The topological polar surface area (TPSA) is 78.9 Å². The number of nitrogens with one attached hydrogen (secondary N) is 1. The third-order valence-corrected chi connectivity index (χ3v) is 1.52. The number of rotatable bonds is 1. The number of benzene rings is 1. The number of nitriles is 1. The molecule has 0 bridgehead atoms. The van der Waals surface area contributed by atoms with Crippen molar-refractivity contribution < 1.29 is 4.79 Å². The summed E-state index contributed by atoms with van der Waals surface area (Å²) in [7, 11) is 0. The number of nitrogens with two attached hydrogens (primary N) is 1. The van der Waals surface area contributed by atoms with Gasteiger partial charge in [0, 0.05) is 6.92 Å². The van der Waals surface area contributed by atoms with Crippen LogP contribution in [0.5, 0.6) is 0 Å². The number of carbonyl (C=O) groups excluding carboxylic acids is 1. The van der Waals surface area contributed by atoms with E-state index in [0.717, 1.165) is 0 Å². The van der Waals surface area contributed by atoms with E-state index < -0.39 is 0 Å². The van der Waals surface area contributed by atoms with Gasteiger partial charge in [0.1, 0.15) is 6.07 Å². The van der Waals surface area contributed by atoms with Crippen molar-refractivity contribution in [3.05, 3.63) is 23.8 Å². The van der Waals surface area contributed by atoms with Gasteiger partial charge < -0.3 is 11.1 Å². The second-order valence-corrected chi connectivity index (χ2v) is 2.56. The van der Waals surface area contributed by atoms with E-state index in [1.54, 1.807) is 18.2 Å². The molecule has 0 unspecified atom stereocenters. The zero-order chi connectivity index (χ0) is 9.84. The summed E-state index contributed by atoms with van der Waals surface area (Å²) < 4.78 is 0. The SMILES string of the molecule is CC(=O)Nc1cccc(N)c1C#N. The van der Waals surface area contributed by atoms with Crippen molar-refractivity contribution in [3.63, 3.8) is 0 Å². The third-order valence-electron chi connectivity index (χ3n) is 1.52. The number of carbonyl (C=O) groups is 1. The number of anilines is 2. The molecule has 0 aliphatic heterocycles. The monoisotopic (exact) mass is 175 g/mol. The van der Waals surface area contributed by atoms with E-state index in [2.05, 4.69) is 5.32 Å². The van der Waals surface area contributed by atoms with E-state index in [1.807, 2.05) is 6.07 Å². The molecule has 1 amide bonds. The van der Waals surface area contributed by atoms with Gasteiger partial charge >= 0.3 is 0 Å². The first-order valence-corrected chi connectivity index (χ1v) is 3.71. The van der Waals surface area contributed by atoms with Crippen molar-refractivity contribution in [2.24, 2.45) is 0 Å². The van der Waals surface area contributed by atoms with Gasteiger partial charge in [-0.1, -0.05) is 6.07 Å². The second-order valence-electron chi connectivity index (χ2n) is 2.56. The highest BCUT2D eigenvalue weighted by Crippen LogP contribution is 2.20. The maximum Gasteiger partial charge on any atom is 0.221 e. The van der Waals surface area contributed by atoms with E-state index in [9.17, 15) is 4.79 Å². The highest BCUT2D eigenvalue weighted by molar-refractivity contribution is 5.91. The zero-order valence-electron chi connectivity index (χ0n) is 7.16. The predicted molar refractivity (Wildman–Crippen MR) is 49.9 cm³/mol. The number of hydrogen-bond acceptors (Lipinski definition) is 3. The lowest BCUT2D eigenvalue weighted by Crippen LogP contribution is -2.08. The molecule has 4 heteroatoms. The number of hydrogen-bond donors (Lipinski definition) is 2. The quantitative estimate of drug-likeness (QED) is 0.627. The molecule has 1 aromatic rings. The van der Waals surface area contributed by atoms with Crippen molar-refractivity contribution in [1.29, 1.82) is 5.26 Å². The van der Waals surface area contributed by atoms with Crippen LogP contribution in [0.3, 0.4) is 0 Å². The maximum absolute atomic E-state index is 10.7. The Labute approximate surface area is 76.0 Å². The van der Waals surface area contributed by atoms with E-state index in [4.69, 9.17) is 11.0 Å². The Balaban J connectivity index is 3.14. The first-order chi connectivity index (χ1) is 6.15. The van der Waals surface area contributed by atoms with Gasteiger partial charge in [0.2, 0.25) is 5.91 Å². The average molecular weight is 175 g/mol. The Hall–Kier alpha value is -2.02. The predicted octanol–water partition coefficient (Wildman–Crippen LogP) is 1.10. The van der Waals surface area contributed by atoms with Crippen molar-refractivity contribution in [1.82, 2.24) is 0 Å². The van der Waals surface area contributed by atoms with Crippen LogP contribution in [0.1, 0.15) is 12.5 Å². The van der Waals surface area contributed by atoms with Gasteiger partial charge in [0.15, 0.2) is 0 Å². The largest absolute Gasteiger partial charge is 0.398 e. The van der Waals surface area contributed by atoms with Crippen LogP contribution in [-0.4, -0.2) is 5.91 Å². The van der Waals surface area contributed by atoms with Crippen LogP contribution in [0.25, 0.3) is 0 Å². The first kappa shape index (κ1) is 9.07. The molecule has 0 aliphatic carbocycles. The minimum absolute atomic E-state index is 0.220. The average Bonchev–Trinajstić information content (AvgIpc) is 2.03. The lowest BCUT2D eigenvalue weighted by molar-refractivity contribution is -0.114. The van der Waals surface area contributed by atoms with Gasteiger partial charge in [-0.3, -0.25) is 4.79 Å². The number of amides is 1. The van der Waals surface area contributed by atoms with E-state index in [1.165, 1.54) is 6.92 Å². The highest BCUT2D eigenvalue weighted by atomic mass is 16.1. The lowest BCUT2D eigenvalue weighted by atomic mass is 10.1. The van der Waals surface area contributed by atoms with E-state index in [0.29, 0.717) is 16.9 Å². The molecule has 0 aromatic heterocycles. The number of nitrogen functional groups attached to an aromatic ring is 1. The van der Waals surface area contributed by atoms with E-state index in [-0.39, 0.29) is 5.91 Å². The molecule has 0 radical (unpaired) electrons. The van der Waals surface area contributed by atoms with Gasteiger partial charge in [0.25, 0.3) is 0 Å². The standard InChI is InChI=1S/C9H9N3O/c1-6(13)12-9-4-2-3-8(11)7(9)5-10/h2-4H,11H2,1H3,(H,12,13). The van der Waals surface area contributed by atoms with Gasteiger partial charge in [-0.15, -0.1) is 0 Å². The first-order valence-electron chi connectivity index (χ1n) is 3.71. The Bertz CT molecular complexity index is 379. The second kappa shape index (κ2) is 3.59. The van der Waals surface area contributed by atoms with Gasteiger partial charge in [0.05, 0.1) is 16.9 Å². The molecule has 0 heterocycles. The lowest BCUT2D eigenvalue weighted by Gasteiger charge is -2.05. The van der Waals surface area contributed by atoms with Crippen LogP contribution < -0.4 is 11.1 Å². The number of nitrogens with zero attached hydrogens (tertiary/aromatic N) is 1. The Morgan fingerprint density at radius 1 is 1.62 bits per heavy atom. The van der Waals surface area contributed by atoms with Crippen LogP contribution in [0, 0.1) is 11.3 Å². The van der Waals surface area contributed by atoms with Crippen LogP contribution in [0.2, 0.25) is 0 Å². The Kier molecular flexibility index (Phi) is 2.50. The Morgan fingerprint density at radius 3 is 2.85 bits per heavy atom. The molecule has 0 fully saturated rings. The van der Waals surface area contributed by atoms with Gasteiger partial charge in [-0.05, 0) is 12.1 Å². The smallest absolute Gasteiger partial charge is 0.221 e. The van der Waals surface area contributed by atoms with Crippen molar-refractivity contribution >= 4 is 17.3 Å². The van der Waals surface area contributed by atoms with E-state index >= 15 is 0 Å². The van der Waals surface area contributed by atoms with Gasteiger partial charge in [-0.2, -0.15) is 5.26 Å². The minimum Gasteiger partial charge on any atom is -0.398 e. The highest BCUT2D eigenvalue weighted by Gasteiger charge is 2.05. The molecule has 1 aromatic carbocycles. The Morgan fingerprint density at radius 2 is 2.31 bits per heavy atom. The van der Waals surface area contributed by atoms with Crippen molar-refractivity contribution in [3.8, 4) is 6.07 Å². The van der Waals surface area contributed by atoms with Gasteiger partial charge in [-0.25, -0.2) is 0 Å². The van der Waals surface area contributed by atoms with Crippen LogP contribution in [0.15, 0.2) is 18.2 Å². The molecule has 4 nitrogen and oxygen atoms in total. The summed E-state index contributed by atoms with van der Waals surface area (Å²) >= 11 is 0. The molecule has 0 spiro atoms. The zero-order valence-corrected chi connectivity index (χ0v) is 7.16. The molecular formula is C9H9N3O. The molecule has 1 rings (SSSR count). The van der Waals surface area contributed by atoms with Crippen LogP contribution in [-0.2, 0) is 4.79 Å². The summed E-state index contributed by atoms with van der Waals surface area (Å²) in [6.45, 7) is 1.38. The summed E-state index contributed by atoms with van der Waals surface area (Å²) in [5, 5.41) is 11.3. The summed E-state index contributed by atoms with van der Waals surface area (Å²) in [5.41, 5.74) is 6.66. The molecule has 13 heavy (non-hydrogen) atoms. The summed E-state index contributed by atoms with van der Waals surface area (Å²) in [6, 6.07) is 6.86. The normalized spacial score (nSPS) is 8.92. The van der Waals surface area contributed by atoms with Crippen molar-refractivity contribution in [2.45, 2.75) is 6.92 Å². The fraction of sp³-hybridized carbons (Fsp3) is 0.111. The fourth-order valence-electron chi connectivity index (χ4n) is 0.989. The summed E-state index contributed by atoms with van der Waals surface area (Å²) in [4.78, 5) is 10.7. The molecular weight excluding hydrogens is 166 g/mol. The van der Waals surface area contributed by atoms with Crippen LogP contribution in [0.4, 0.5) is 11.4 Å². The molecule has 66 valence electrons. The third kappa shape index (κ3) is 1.97. The summed E-state index contributed by atoms with van der Waals surface area (Å²) in [6.07, 6.45) is 0. The molecule has 0 atom stereocenters. The molecule has 3 N–H and O–H groups in total. The minimum atomic E-state index is -0.220. The fourth-order valence-corrected chi connectivity index (χ4v) is 0.989. The molecule has 0 saturated heterocycles.